The monoisotopic (exact) mass is 400 g/mol. The molecule has 4 rings (SSSR count). The molecular formula is C20H21ClN4O3. The SMILES string of the molecule is Cc1nc(N2CCOCC2)c2c(C(=O)Nc3cc(Cl)ccc3C)c(C)oc2n1. The zero-order valence-corrected chi connectivity index (χ0v) is 16.8. The van der Waals surface area contributed by atoms with Gasteiger partial charge >= 0.3 is 0 Å². The van der Waals surface area contributed by atoms with Crippen LogP contribution in [0.1, 0.15) is 27.5 Å². The van der Waals surface area contributed by atoms with E-state index in [9.17, 15) is 4.79 Å². The number of benzene rings is 1. The Balaban J connectivity index is 1.81. The van der Waals surface area contributed by atoms with Gasteiger partial charge in [0.1, 0.15) is 17.4 Å². The largest absolute Gasteiger partial charge is 0.442 e. The molecule has 0 radical (unpaired) electrons. The Labute approximate surface area is 167 Å². The van der Waals surface area contributed by atoms with Crippen molar-refractivity contribution in [2.45, 2.75) is 20.8 Å². The van der Waals surface area contributed by atoms with Crippen LogP contribution in [0.15, 0.2) is 22.6 Å². The molecule has 1 fully saturated rings. The first-order valence-corrected chi connectivity index (χ1v) is 9.50. The van der Waals surface area contributed by atoms with Gasteiger partial charge in [-0.15, -0.1) is 0 Å². The second-order valence-corrected chi connectivity index (χ2v) is 7.26. The molecule has 2 aromatic heterocycles. The van der Waals surface area contributed by atoms with Crippen LogP contribution in [0.25, 0.3) is 11.1 Å². The number of carbonyl (C=O) groups is 1. The lowest BCUT2D eigenvalue weighted by molar-refractivity contribution is 0.102. The number of nitrogens with zero attached hydrogens (tertiary/aromatic N) is 3. The van der Waals surface area contributed by atoms with Gasteiger partial charge in [0.05, 0.1) is 24.2 Å². The van der Waals surface area contributed by atoms with E-state index in [4.69, 9.17) is 20.8 Å². The molecule has 1 aliphatic rings. The van der Waals surface area contributed by atoms with Crippen molar-refractivity contribution >= 4 is 40.1 Å². The number of halogens is 1. The standard InChI is InChI=1S/C20H21ClN4O3/c1-11-4-5-14(21)10-15(11)24-19(26)16-12(2)28-20-17(16)18(22-13(3)23-20)25-6-8-27-9-7-25/h4-5,10H,6-9H2,1-3H3,(H,24,26). The van der Waals surface area contributed by atoms with Gasteiger partial charge in [-0.1, -0.05) is 17.7 Å². The minimum Gasteiger partial charge on any atom is -0.442 e. The highest BCUT2D eigenvalue weighted by Crippen LogP contribution is 2.33. The Hall–Kier alpha value is -2.64. The molecule has 7 nitrogen and oxygen atoms in total. The fourth-order valence-electron chi connectivity index (χ4n) is 3.39. The van der Waals surface area contributed by atoms with E-state index in [2.05, 4.69) is 20.2 Å². The lowest BCUT2D eigenvalue weighted by Crippen LogP contribution is -2.37. The highest BCUT2D eigenvalue weighted by atomic mass is 35.5. The van der Waals surface area contributed by atoms with Gasteiger partial charge in [0.25, 0.3) is 5.91 Å². The van der Waals surface area contributed by atoms with Crippen molar-refractivity contribution in [2.75, 3.05) is 36.5 Å². The van der Waals surface area contributed by atoms with Gasteiger partial charge in [-0.25, -0.2) is 4.98 Å². The van der Waals surface area contributed by atoms with Crippen LogP contribution < -0.4 is 10.2 Å². The average Bonchev–Trinajstić information content (AvgIpc) is 3.00. The molecule has 8 heteroatoms. The number of rotatable bonds is 3. The predicted molar refractivity (Wildman–Crippen MR) is 108 cm³/mol. The van der Waals surface area contributed by atoms with Crippen LogP contribution in [0, 0.1) is 20.8 Å². The maximum atomic E-state index is 13.2. The van der Waals surface area contributed by atoms with E-state index in [1.165, 1.54) is 0 Å². The quantitative estimate of drug-likeness (QED) is 0.718. The summed E-state index contributed by atoms with van der Waals surface area (Å²) in [6.45, 7) is 8.12. The van der Waals surface area contributed by atoms with Gasteiger partial charge in [0.15, 0.2) is 0 Å². The van der Waals surface area contributed by atoms with Gasteiger partial charge in [-0.2, -0.15) is 4.98 Å². The summed E-state index contributed by atoms with van der Waals surface area (Å²) in [5.74, 6) is 1.53. The summed E-state index contributed by atoms with van der Waals surface area (Å²) < 4.78 is 11.3. The van der Waals surface area contributed by atoms with E-state index in [0.717, 1.165) is 5.56 Å². The Morgan fingerprint density at radius 3 is 2.68 bits per heavy atom. The summed E-state index contributed by atoms with van der Waals surface area (Å²) >= 11 is 6.09. The number of aryl methyl sites for hydroxylation is 3. The number of furan rings is 1. The van der Waals surface area contributed by atoms with Gasteiger partial charge in [0.2, 0.25) is 5.71 Å². The molecule has 1 amide bonds. The van der Waals surface area contributed by atoms with Gasteiger partial charge < -0.3 is 19.4 Å². The van der Waals surface area contributed by atoms with Crippen molar-refractivity contribution in [2.24, 2.45) is 0 Å². The number of hydrogen-bond donors (Lipinski definition) is 1. The van der Waals surface area contributed by atoms with E-state index in [-0.39, 0.29) is 5.91 Å². The van der Waals surface area contributed by atoms with E-state index < -0.39 is 0 Å². The number of amides is 1. The lowest BCUT2D eigenvalue weighted by atomic mass is 10.1. The zero-order chi connectivity index (χ0) is 19.8. The molecule has 1 N–H and O–H groups in total. The summed E-state index contributed by atoms with van der Waals surface area (Å²) in [6.07, 6.45) is 0. The molecule has 0 spiro atoms. The highest BCUT2D eigenvalue weighted by Gasteiger charge is 2.27. The van der Waals surface area contributed by atoms with E-state index in [1.54, 1.807) is 19.1 Å². The molecule has 1 saturated heterocycles. The third kappa shape index (κ3) is 3.43. The second kappa shape index (κ2) is 7.41. The number of ether oxygens (including phenoxy) is 1. The van der Waals surface area contributed by atoms with Crippen molar-refractivity contribution in [3.8, 4) is 0 Å². The first-order valence-electron chi connectivity index (χ1n) is 9.12. The Kier molecular flexibility index (Phi) is 4.95. The number of fused-ring (bicyclic) bond motifs is 1. The molecular weight excluding hydrogens is 380 g/mol. The van der Waals surface area contributed by atoms with Crippen LogP contribution in [0.2, 0.25) is 5.02 Å². The smallest absolute Gasteiger partial charge is 0.260 e. The summed E-state index contributed by atoms with van der Waals surface area (Å²) in [7, 11) is 0. The number of anilines is 2. The second-order valence-electron chi connectivity index (χ2n) is 6.82. The van der Waals surface area contributed by atoms with Crippen molar-refractivity contribution < 1.29 is 13.9 Å². The maximum absolute atomic E-state index is 13.2. The summed E-state index contributed by atoms with van der Waals surface area (Å²) in [5.41, 5.74) is 2.44. The van der Waals surface area contributed by atoms with Crippen LogP contribution in [-0.4, -0.2) is 42.2 Å². The molecule has 0 atom stereocenters. The first kappa shape index (κ1) is 18.7. The topological polar surface area (TPSA) is 80.5 Å². The lowest BCUT2D eigenvalue weighted by Gasteiger charge is -2.28. The summed E-state index contributed by atoms with van der Waals surface area (Å²) in [5, 5.41) is 4.13. The Morgan fingerprint density at radius 1 is 1.18 bits per heavy atom. The van der Waals surface area contributed by atoms with Crippen molar-refractivity contribution in [1.29, 1.82) is 0 Å². The van der Waals surface area contributed by atoms with Gasteiger partial charge in [0, 0.05) is 23.8 Å². The first-order chi connectivity index (χ1) is 13.4. The third-order valence-electron chi connectivity index (χ3n) is 4.81. The van der Waals surface area contributed by atoms with Crippen LogP contribution in [0.4, 0.5) is 11.5 Å². The number of aromatic nitrogens is 2. The molecule has 1 aromatic carbocycles. The number of morpholine rings is 1. The van der Waals surface area contributed by atoms with Crippen molar-refractivity contribution in [3.05, 3.63) is 45.9 Å². The molecule has 1 aliphatic heterocycles. The predicted octanol–water partition coefficient (Wildman–Crippen LogP) is 3.89. The molecule has 3 aromatic rings. The number of nitrogens with one attached hydrogen (secondary N) is 1. The number of hydrogen-bond acceptors (Lipinski definition) is 6. The van der Waals surface area contributed by atoms with E-state index in [1.807, 2.05) is 19.9 Å². The molecule has 0 bridgehead atoms. The number of carbonyl (C=O) groups excluding carboxylic acids is 1. The Morgan fingerprint density at radius 2 is 1.93 bits per heavy atom. The molecule has 28 heavy (non-hydrogen) atoms. The fourth-order valence-corrected chi connectivity index (χ4v) is 3.56. The van der Waals surface area contributed by atoms with Crippen LogP contribution in [0.5, 0.6) is 0 Å². The summed E-state index contributed by atoms with van der Waals surface area (Å²) in [4.78, 5) is 24.3. The molecule has 0 saturated carbocycles. The van der Waals surface area contributed by atoms with E-state index >= 15 is 0 Å². The molecule has 0 unspecified atom stereocenters. The van der Waals surface area contributed by atoms with Gasteiger partial charge in [-0.3, -0.25) is 4.79 Å². The normalized spacial score (nSPS) is 14.5. The molecule has 146 valence electrons. The van der Waals surface area contributed by atoms with E-state index in [0.29, 0.717) is 71.1 Å². The van der Waals surface area contributed by atoms with Crippen LogP contribution in [-0.2, 0) is 4.74 Å². The Bertz CT molecular complexity index is 1060. The zero-order valence-electron chi connectivity index (χ0n) is 16.0. The van der Waals surface area contributed by atoms with Gasteiger partial charge in [-0.05, 0) is 38.5 Å². The minimum absolute atomic E-state index is 0.274. The fraction of sp³-hybridized carbons (Fsp3) is 0.350. The third-order valence-corrected chi connectivity index (χ3v) is 5.04. The molecule has 0 aliphatic carbocycles. The van der Waals surface area contributed by atoms with Crippen molar-refractivity contribution in [3.63, 3.8) is 0 Å². The van der Waals surface area contributed by atoms with Crippen LogP contribution >= 0.6 is 11.6 Å². The maximum Gasteiger partial charge on any atom is 0.260 e. The highest BCUT2D eigenvalue weighted by molar-refractivity contribution is 6.31. The molecule has 3 heterocycles. The van der Waals surface area contributed by atoms with Crippen LogP contribution in [0.3, 0.4) is 0 Å². The summed E-state index contributed by atoms with van der Waals surface area (Å²) in [6, 6.07) is 5.39. The minimum atomic E-state index is -0.274. The average molecular weight is 401 g/mol. The van der Waals surface area contributed by atoms with Crippen molar-refractivity contribution in [1.82, 2.24) is 9.97 Å².